The molecule has 4 aromatic carbocycles. The zero-order valence-corrected chi connectivity index (χ0v) is 32.2. The van der Waals surface area contributed by atoms with E-state index in [1.54, 1.807) is 4.80 Å². The summed E-state index contributed by atoms with van der Waals surface area (Å²) in [7, 11) is 0. The van der Waals surface area contributed by atoms with Gasteiger partial charge in [-0.2, -0.15) is 0 Å². The Morgan fingerprint density at radius 3 is 1.69 bits per heavy atom. The summed E-state index contributed by atoms with van der Waals surface area (Å²) in [6.45, 7) is 23.2. The Balaban J connectivity index is 1.49. The van der Waals surface area contributed by atoms with E-state index in [2.05, 4.69) is 87.4 Å². The number of hydrogen-bond donors (Lipinski definition) is 2. The molecule has 1 aromatic heterocycles. The van der Waals surface area contributed by atoms with Crippen molar-refractivity contribution in [2.75, 3.05) is 6.54 Å². The van der Waals surface area contributed by atoms with Crippen molar-refractivity contribution in [3.8, 4) is 17.2 Å². The van der Waals surface area contributed by atoms with Crippen LogP contribution in [-0.4, -0.2) is 37.8 Å². The third kappa shape index (κ3) is 8.19. The zero-order chi connectivity index (χ0) is 36.9. The van der Waals surface area contributed by atoms with Gasteiger partial charge >= 0.3 is 0 Å². The van der Waals surface area contributed by atoms with Crippen molar-refractivity contribution in [1.82, 2.24) is 15.0 Å². The Labute approximate surface area is 303 Å². The Hall–Kier alpha value is -4.52. The van der Waals surface area contributed by atoms with Crippen molar-refractivity contribution < 1.29 is 10.2 Å². The number of rotatable bonds is 9. The average Bonchev–Trinajstić information content (AvgIpc) is 3.45. The van der Waals surface area contributed by atoms with Gasteiger partial charge in [0.05, 0.1) is 23.3 Å². The van der Waals surface area contributed by atoms with E-state index in [1.807, 2.05) is 54.6 Å². The molecule has 268 valence electrons. The molecule has 51 heavy (non-hydrogen) atoms. The topological polar surface area (TPSA) is 95.9 Å². The minimum Gasteiger partial charge on any atom is -0.507 e. The first-order valence-corrected chi connectivity index (χ1v) is 18.3. The molecule has 0 saturated carbocycles. The summed E-state index contributed by atoms with van der Waals surface area (Å²) >= 11 is 0. The minimum absolute atomic E-state index is 0.0808. The van der Waals surface area contributed by atoms with Crippen LogP contribution in [0.15, 0.2) is 82.8 Å². The van der Waals surface area contributed by atoms with Gasteiger partial charge in [-0.05, 0) is 87.1 Å². The van der Waals surface area contributed by atoms with Gasteiger partial charge in [0.2, 0.25) is 0 Å². The van der Waals surface area contributed by atoms with Gasteiger partial charge in [-0.15, -0.1) is 15.0 Å². The molecule has 0 spiro atoms. The molecule has 1 aliphatic heterocycles. The fourth-order valence-corrected chi connectivity index (χ4v) is 8.34. The molecule has 0 radical (unpaired) electrons. The lowest BCUT2D eigenvalue weighted by Crippen LogP contribution is -2.34. The number of hydrogen-bond acceptors (Lipinski definition) is 6. The third-order valence-corrected chi connectivity index (χ3v) is 9.96. The minimum atomic E-state index is -0.214. The molecule has 2 N–H and O–H groups in total. The number of benzene rings is 4. The standard InChI is InChI=1S/C44H55N5O2/c1-41(2,3)26-43(7,8)31-20-28(39(50)30(22-31)23-33-25-45-34-15-11-12-16-35(34)46-33)19-29-21-32(44(9,10)27-42(4,5)6)24-38(40(29)51)49-47-36-17-13-14-18-37(36)48-49/h11-18,20-22,24,33,50-51H,19,23,25-27H2,1-10H3. The van der Waals surface area contributed by atoms with Crippen molar-refractivity contribution in [3.05, 3.63) is 111 Å². The highest BCUT2D eigenvalue weighted by molar-refractivity contribution is 5.74. The molecule has 1 unspecified atom stereocenters. The van der Waals surface area contributed by atoms with Crippen LogP contribution in [0.5, 0.6) is 11.5 Å². The molecule has 7 heteroatoms. The summed E-state index contributed by atoms with van der Waals surface area (Å²) in [4.78, 5) is 11.4. The second-order valence-corrected chi connectivity index (χ2v) is 18.4. The van der Waals surface area contributed by atoms with Gasteiger partial charge in [0, 0.05) is 18.4 Å². The van der Waals surface area contributed by atoms with Crippen molar-refractivity contribution >= 4 is 11.0 Å². The fraction of sp³-hybridized carbons (Fsp3) is 0.455. The van der Waals surface area contributed by atoms with Gasteiger partial charge in [0.25, 0.3) is 0 Å². The lowest BCUT2D eigenvalue weighted by molar-refractivity contribution is 0.283. The largest absolute Gasteiger partial charge is 0.507 e. The normalized spacial score (nSPS) is 15.4. The van der Waals surface area contributed by atoms with Crippen LogP contribution in [0.3, 0.4) is 0 Å². The van der Waals surface area contributed by atoms with E-state index < -0.39 is 0 Å². The summed E-state index contributed by atoms with van der Waals surface area (Å²) in [5.41, 5.74) is 6.47. The quantitative estimate of drug-likeness (QED) is 0.162. The molecule has 5 aromatic rings. The maximum absolute atomic E-state index is 12.1. The maximum Gasteiger partial charge on any atom is 0.146 e. The number of phenolic OH excluding ortho intramolecular Hbond substituents is 2. The van der Waals surface area contributed by atoms with Gasteiger partial charge in [-0.1, -0.05) is 112 Å². The summed E-state index contributed by atoms with van der Waals surface area (Å²) in [5.74, 6) is 0.367. The molecule has 1 aliphatic rings. The van der Waals surface area contributed by atoms with Crippen LogP contribution >= 0.6 is 0 Å². The van der Waals surface area contributed by atoms with Gasteiger partial charge in [0.1, 0.15) is 28.2 Å². The van der Waals surface area contributed by atoms with E-state index in [9.17, 15) is 10.2 Å². The molecule has 1 atom stereocenters. The number of aromatic nitrogens is 3. The van der Waals surface area contributed by atoms with E-state index in [4.69, 9.17) is 20.2 Å². The van der Waals surface area contributed by atoms with Crippen LogP contribution in [0.1, 0.15) is 110 Å². The highest BCUT2D eigenvalue weighted by Crippen LogP contribution is 2.43. The number of aromatic hydroxyl groups is 2. The second-order valence-electron chi connectivity index (χ2n) is 18.4. The maximum atomic E-state index is 12.1. The molecule has 7 nitrogen and oxygen atoms in total. The van der Waals surface area contributed by atoms with Crippen molar-refractivity contribution in [3.63, 3.8) is 0 Å². The molecule has 0 amide bonds. The van der Waals surface area contributed by atoms with Gasteiger partial charge in [-0.3, -0.25) is 9.98 Å². The van der Waals surface area contributed by atoms with Gasteiger partial charge < -0.3 is 10.2 Å². The second kappa shape index (κ2) is 13.2. The summed E-state index contributed by atoms with van der Waals surface area (Å²) in [5, 5.41) is 35.4. The first-order chi connectivity index (χ1) is 23.8. The SMILES string of the molecule is CC(C)(C)CC(C)(C)c1cc(Cc2cc(C(C)(C)CC(C)(C)C)cc(-n3nc4ccccc4n3)c2O)c(O)c(CC2CN=c3ccccc3=N2)c1. The number of para-hydroxylation sites is 2. The Kier molecular flexibility index (Phi) is 9.41. The number of phenols is 2. The molecule has 2 heterocycles. The highest BCUT2D eigenvalue weighted by atomic mass is 16.3. The number of nitrogens with zero attached hydrogens (tertiary/aromatic N) is 5. The van der Waals surface area contributed by atoms with Crippen molar-refractivity contribution in [2.45, 2.75) is 112 Å². The molecule has 0 saturated heterocycles. The van der Waals surface area contributed by atoms with E-state index in [-0.39, 0.29) is 39.2 Å². The molecule has 0 aliphatic carbocycles. The molecule has 0 bridgehead atoms. The lowest BCUT2D eigenvalue weighted by atomic mass is 9.71. The molecular weight excluding hydrogens is 631 g/mol. The van der Waals surface area contributed by atoms with E-state index >= 15 is 0 Å². The summed E-state index contributed by atoms with van der Waals surface area (Å²) < 4.78 is 0. The summed E-state index contributed by atoms with van der Waals surface area (Å²) in [6, 6.07) is 24.1. The van der Waals surface area contributed by atoms with E-state index in [1.165, 1.54) is 0 Å². The number of fused-ring (bicyclic) bond motifs is 2. The van der Waals surface area contributed by atoms with Crippen LogP contribution in [0.4, 0.5) is 0 Å². The van der Waals surface area contributed by atoms with E-state index in [0.717, 1.165) is 62.4 Å². The highest BCUT2D eigenvalue weighted by Gasteiger charge is 2.32. The first kappa shape index (κ1) is 36.3. The lowest BCUT2D eigenvalue weighted by Gasteiger charge is -2.34. The molecule has 0 fully saturated rings. The average molecular weight is 686 g/mol. The van der Waals surface area contributed by atoms with Crippen LogP contribution in [-0.2, 0) is 23.7 Å². The van der Waals surface area contributed by atoms with Crippen molar-refractivity contribution in [2.24, 2.45) is 20.8 Å². The Morgan fingerprint density at radius 1 is 0.627 bits per heavy atom. The Morgan fingerprint density at radius 2 is 1.12 bits per heavy atom. The van der Waals surface area contributed by atoms with Crippen LogP contribution in [0.2, 0.25) is 0 Å². The molecular formula is C44H55N5O2. The van der Waals surface area contributed by atoms with E-state index in [0.29, 0.717) is 25.1 Å². The van der Waals surface area contributed by atoms with Crippen LogP contribution in [0.25, 0.3) is 16.7 Å². The predicted octanol–water partition coefficient (Wildman–Crippen LogP) is 8.71. The fourth-order valence-electron chi connectivity index (χ4n) is 8.34. The zero-order valence-electron chi connectivity index (χ0n) is 32.2. The smallest absolute Gasteiger partial charge is 0.146 e. The van der Waals surface area contributed by atoms with Gasteiger partial charge in [-0.25, -0.2) is 0 Å². The Bertz CT molecular complexity index is 2160. The van der Waals surface area contributed by atoms with Crippen LogP contribution in [0, 0.1) is 10.8 Å². The third-order valence-electron chi connectivity index (χ3n) is 9.96. The molecule has 6 rings (SSSR count). The monoisotopic (exact) mass is 685 g/mol. The van der Waals surface area contributed by atoms with Gasteiger partial charge in [0.15, 0.2) is 0 Å². The van der Waals surface area contributed by atoms with Crippen LogP contribution < -0.4 is 10.7 Å². The first-order valence-electron chi connectivity index (χ1n) is 18.3. The predicted molar refractivity (Wildman–Crippen MR) is 207 cm³/mol. The summed E-state index contributed by atoms with van der Waals surface area (Å²) in [6.07, 6.45) is 2.80. The van der Waals surface area contributed by atoms with Crippen molar-refractivity contribution in [1.29, 1.82) is 0 Å².